The molecule has 2 fully saturated rings. The highest BCUT2D eigenvalue weighted by molar-refractivity contribution is 6.11. The zero-order valence-electron chi connectivity index (χ0n) is 21.4. The first-order chi connectivity index (χ1) is 17.1. The minimum Gasteiger partial charge on any atom is -0.367 e. The molecule has 0 spiro atoms. The van der Waals surface area contributed by atoms with E-state index in [-0.39, 0.29) is 0 Å². The Bertz CT molecular complexity index is 913. The van der Waals surface area contributed by atoms with Gasteiger partial charge in [-0.25, -0.2) is 4.99 Å². The van der Waals surface area contributed by atoms with Crippen LogP contribution in [-0.2, 0) is 6.54 Å². The third-order valence-electron chi connectivity index (χ3n) is 6.74. The Kier molecular flexibility index (Phi) is 11.0. The lowest BCUT2D eigenvalue weighted by Gasteiger charge is -2.32. The van der Waals surface area contributed by atoms with Gasteiger partial charge in [0.1, 0.15) is 12.5 Å². The van der Waals surface area contributed by atoms with Crippen molar-refractivity contribution in [2.24, 2.45) is 9.98 Å². The number of piperazine rings is 1. The first-order valence-corrected chi connectivity index (χ1v) is 12.8. The van der Waals surface area contributed by atoms with E-state index < -0.39 is 0 Å². The average molecular weight is 475 g/mol. The van der Waals surface area contributed by atoms with Crippen LogP contribution in [0.5, 0.6) is 0 Å². The summed E-state index contributed by atoms with van der Waals surface area (Å²) in [7, 11) is 2.19. The summed E-state index contributed by atoms with van der Waals surface area (Å²) in [6.07, 6.45) is 13.4. The normalized spacial score (nSPS) is 19.3. The molecule has 188 valence electrons. The summed E-state index contributed by atoms with van der Waals surface area (Å²) in [6, 6.07) is 9.25. The number of allylic oxidation sites excluding steroid dienone is 4. The van der Waals surface area contributed by atoms with Crippen molar-refractivity contribution in [1.29, 1.82) is 0 Å². The van der Waals surface area contributed by atoms with Crippen molar-refractivity contribution in [2.45, 2.75) is 44.7 Å². The molecular formula is C29H42N6. The van der Waals surface area contributed by atoms with Crippen LogP contribution in [0.4, 0.5) is 0 Å². The summed E-state index contributed by atoms with van der Waals surface area (Å²) in [5.41, 5.74) is 4.27. The molecule has 3 rings (SSSR count). The van der Waals surface area contributed by atoms with E-state index >= 15 is 0 Å². The Balaban J connectivity index is 1.77. The lowest BCUT2D eigenvalue weighted by atomic mass is 9.95. The molecule has 0 unspecified atom stereocenters. The van der Waals surface area contributed by atoms with Gasteiger partial charge in [0.25, 0.3) is 0 Å². The first-order valence-electron chi connectivity index (χ1n) is 12.8. The average Bonchev–Trinajstić information content (AvgIpc) is 2.89. The van der Waals surface area contributed by atoms with Gasteiger partial charge in [0.05, 0.1) is 0 Å². The Labute approximate surface area is 211 Å². The van der Waals surface area contributed by atoms with E-state index in [0.29, 0.717) is 12.7 Å². The molecule has 35 heavy (non-hydrogen) atoms. The van der Waals surface area contributed by atoms with Crippen molar-refractivity contribution in [2.75, 3.05) is 39.9 Å². The lowest BCUT2D eigenvalue weighted by Crippen LogP contribution is -2.43. The van der Waals surface area contributed by atoms with Crippen molar-refractivity contribution in [3.05, 3.63) is 78.3 Å². The largest absolute Gasteiger partial charge is 0.367 e. The zero-order valence-corrected chi connectivity index (χ0v) is 21.4. The van der Waals surface area contributed by atoms with Gasteiger partial charge in [0.2, 0.25) is 0 Å². The van der Waals surface area contributed by atoms with Gasteiger partial charge >= 0.3 is 0 Å². The molecule has 0 radical (unpaired) electrons. The van der Waals surface area contributed by atoms with Crippen LogP contribution in [0, 0.1) is 0 Å². The quantitative estimate of drug-likeness (QED) is 0.343. The zero-order chi connectivity index (χ0) is 24.9. The van der Waals surface area contributed by atoms with Crippen molar-refractivity contribution in [1.82, 2.24) is 20.4 Å². The fourth-order valence-electron chi connectivity index (χ4n) is 4.58. The summed E-state index contributed by atoms with van der Waals surface area (Å²) < 4.78 is 0. The van der Waals surface area contributed by atoms with Crippen LogP contribution in [0.2, 0.25) is 0 Å². The topological polar surface area (TPSA) is 55.3 Å². The number of nitrogens with zero attached hydrogens (tertiary/aromatic N) is 4. The number of likely N-dealkylation sites (N-methyl/N-ethyl adjacent to an activating group) is 1. The molecule has 0 amide bonds. The van der Waals surface area contributed by atoms with Gasteiger partial charge < -0.3 is 15.5 Å². The van der Waals surface area contributed by atoms with E-state index in [4.69, 9.17) is 0 Å². The Morgan fingerprint density at radius 3 is 2.40 bits per heavy atom. The molecule has 1 saturated carbocycles. The minimum atomic E-state index is 0.435. The van der Waals surface area contributed by atoms with Crippen molar-refractivity contribution >= 4 is 18.5 Å². The molecule has 1 aliphatic heterocycles. The van der Waals surface area contributed by atoms with E-state index in [0.717, 1.165) is 55.4 Å². The number of nitrogens with one attached hydrogen (secondary N) is 2. The number of hydrogen-bond donors (Lipinski definition) is 2. The van der Waals surface area contributed by atoms with Gasteiger partial charge in [0, 0.05) is 56.3 Å². The van der Waals surface area contributed by atoms with Crippen LogP contribution in [0.15, 0.2) is 77.2 Å². The predicted octanol–water partition coefficient (Wildman–Crippen LogP) is 4.60. The molecule has 6 heteroatoms. The molecule has 1 saturated heterocycles. The Morgan fingerprint density at radius 1 is 1.06 bits per heavy atom. The van der Waals surface area contributed by atoms with Gasteiger partial charge in [-0.05, 0) is 49.9 Å². The van der Waals surface area contributed by atoms with E-state index in [1.165, 1.54) is 37.7 Å². The SMILES string of the molecule is C=C/C=C(\C=C)NC/N=C\C(=C(/N=C)NC1CCCCC1)c1ccc(CN2CCN(C)CC2)cc1. The second-order valence-corrected chi connectivity index (χ2v) is 9.38. The summed E-state index contributed by atoms with van der Waals surface area (Å²) in [6.45, 7) is 17.4. The Morgan fingerprint density at radius 2 is 1.77 bits per heavy atom. The monoisotopic (exact) mass is 474 g/mol. The summed E-state index contributed by atoms with van der Waals surface area (Å²) in [5.74, 6) is 0.804. The van der Waals surface area contributed by atoms with E-state index in [9.17, 15) is 0 Å². The number of rotatable bonds is 12. The Hall–Kier alpha value is -2.96. The highest BCUT2D eigenvalue weighted by Gasteiger charge is 2.17. The fourth-order valence-corrected chi connectivity index (χ4v) is 4.58. The smallest absolute Gasteiger partial charge is 0.134 e. The van der Waals surface area contributed by atoms with Crippen LogP contribution in [-0.4, -0.2) is 68.7 Å². The molecule has 1 aromatic carbocycles. The van der Waals surface area contributed by atoms with Crippen molar-refractivity contribution in [3.8, 4) is 0 Å². The molecule has 2 N–H and O–H groups in total. The van der Waals surface area contributed by atoms with E-state index in [1.807, 2.05) is 12.3 Å². The maximum atomic E-state index is 4.65. The number of aliphatic imine (C=N–C) groups is 2. The molecule has 2 aliphatic rings. The van der Waals surface area contributed by atoms with Gasteiger partial charge in [-0.2, -0.15) is 0 Å². The maximum absolute atomic E-state index is 4.65. The van der Waals surface area contributed by atoms with Crippen molar-refractivity contribution < 1.29 is 0 Å². The van der Waals surface area contributed by atoms with Crippen LogP contribution in [0.1, 0.15) is 43.2 Å². The third-order valence-corrected chi connectivity index (χ3v) is 6.74. The van der Waals surface area contributed by atoms with E-state index in [2.05, 4.69) is 81.6 Å². The van der Waals surface area contributed by atoms with Crippen LogP contribution >= 0.6 is 0 Å². The number of hydrogen-bond acceptors (Lipinski definition) is 6. The van der Waals surface area contributed by atoms with E-state index in [1.54, 1.807) is 12.2 Å². The van der Waals surface area contributed by atoms with Gasteiger partial charge in [-0.1, -0.05) is 62.8 Å². The summed E-state index contributed by atoms with van der Waals surface area (Å²) in [5, 5.41) is 6.90. The second kappa shape index (κ2) is 14.4. The highest BCUT2D eigenvalue weighted by atomic mass is 15.2. The molecule has 1 heterocycles. The van der Waals surface area contributed by atoms with Gasteiger partial charge in [-0.3, -0.25) is 9.89 Å². The summed E-state index contributed by atoms with van der Waals surface area (Å²) >= 11 is 0. The molecule has 1 aromatic rings. The summed E-state index contributed by atoms with van der Waals surface area (Å²) in [4.78, 5) is 14.0. The molecule has 6 nitrogen and oxygen atoms in total. The molecule has 0 bridgehead atoms. The second-order valence-electron chi connectivity index (χ2n) is 9.38. The van der Waals surface area contributed by atoms with Crippen LogP contribution in [0.25, 0.3) is 5.57 Å². The van der Waals surface area contributed by atoms with Gasteiger partial charge in [0.15, 0.2) is 0 Å². The highest BCUT2D eigenvalue weighted by Crippen LogP contribution is 2.23. The third kappa shape index (κ3) is 8.64. The molecular weight excluding hydrogens is 432 g/mol. The molecule has 1 aliphatic carbocycles. The predicted molar refractivity (Wildman–Crippen MR) is 151 cm³/mol. The lowest BCUT2D eigenvalue weighted by molar-refractivity contribution is 0.148. The molecule has 0 aromatic heterocycles. The van der Waals surface area contributed by atoms with Crippen molar-refractivity contribution in [3.63, 3.8) is 0 Å². The minimum absolute atomic E-state index is 0.435. The van der Waals surface area contributed by atoms with Gasteiger partial charge in [-0.15, -0.1) is 0 Å². The first kappa shape index (κ1) is 26.6. The maximum Gasteiger partial charge on any atom is 0.134 e. The standard InChI is InChI=1S/C29H42N6/c1-5-10-26(6-2)32-23-31-21-28(29(30-3)33-27-11-8-7-9-12-27)25-15-13-24(14-16-25)22-35-19-17-34(4)18-20-35/h5-6,10,13-16,21,27,32-33H,1-3,7-9,11-12,17-20,22-23H2,4H3/b26-10+,29-28-,31-21-. The van der Waals surface area contributed by atoms with Crippen LogP contribution < -0.4 is 10.6 Å². The van der Waals surface area contributed by atoms with Crippen LogP contribution in [0.3, 0.4) is 0 Å². The number of benzene rings is 1. The fraction of sp³-hybridized carbons (Fsp3) is 0.448. The molecule has 0 atom stereocenters.